The Morgan fingerprint density at radius 2 is 1.89 bits per heavy atom. The van der Waals surface area contributed by atoms with Gasteiger partial charge in [-0.2, -0.15) is 5.10 Å². The quantitative estimate of drug-likeness (QED) is 0.559. The third kappa shape index (κ3) is 5.16. The van der Waals surface area contributed by atoms with E-state index in [4.69, 9.17) is 32.7 Å². The first-order valence-electron chi connectivity index (χ1n) is 8.50. The van der Waals surface area contributed by atoms with Crippen LogP contribution in [0.5, 0.6) is 11.5 Å². The second-order valence-electron chi connectivity index (χ2n) is 6.13. The summed E-state index contributed by atoms with van der Waals surface area (Å²) in [5.41, 5.74) is 4.20. The predicted molar refractivity (Wildman–Crippen MR) is 108 cm³/mol. The van der Waals surface area contributed by atoms with Gasteiger partial charge in [0.2, 0.25) is 0 Å². The lowest BCUT2D eigenvalue weighted by atomic mass is 10.2. The van der Waals surface area contributed by atoms with Gasteiger partial charge >= 0.3 is 0 Å². The summed E-state index contributed by atoms with van der Waals surface area (Å²) >= 11 is 12.1. The Bertz CT molecular complexity index is 912. The van der Waals surface area contributed by atoms with Gasteiger partial charge in [-0.25, -0.2) is 0 Å². The van der Waals surface area contributed by atoms with E-state index in [1.165, 1.54) is 0 Å². The van der Waals surface area contributed by atoms with E-state index in [-0.39, 0.29) is 0 Å². The fourth-order valence-corrected chi connectivity index (χ4v) is 3.09. The van der Waals surface area contributed by atoms with Crippen molar-refractivity contribution in [2.75, 3.05) is 7.11 Å². The molecular formula is C20H21Cl2N3O2. The van der Waals surface area contributed by atoms with Crippen LogP contribution in [0.15, 0.2) is 42.6 Å². The summed E-state index contributed by atoms with van der Waals surface area (Å²) < 4.78 is 11.4. The molecule has 0 unspecified atom stereocenters. The van der Waals surface area contributed by atoms with E-state index in [2.05, 4.69) is 15.5 Å². The summed E-state index contributed by atoms with van der Waals surface area (Å²) in [6.45, 7) is 3.80. The van der Waals surface area contributed by atoms with Crippen LogP contribution in [0.2, 0.25) is 10.0 Å². The molecule has 3 rings (SSSR count). The van der Waals surface area contributed by atoms with Crippen LogP contribution in [0.1, 0.15) is 22.4 Å². The van der Waals surface area contributed by atoms with E-state index in [0.717, 1.165) is 28.9 Å². The maximum Gasteiger partial charge on any atom is 0.161 e. The fraction of sp³-hybridized carbons (Fsp3) is 0.250. The van der Waals surface area contributed by atoms with Crippen molar-refractivity contribution in [1.82, 2.24) is 15.5 Å². The lowest BCUT2D eigenvalue weighted by Gasteiger charge is -2.13. The fourth-order valence-electron chi connectivity index (χ4n) is 2.63. The van der Waals surface area contributed by atoms with Gasteiger partial charge in [0, 0.05) is 40.0 Å². The number of ether oxygens (including phenoxy) is 2. The molecule has 0 amide bonds. The number of aryl methyl sites for hydroxylation is 1. The van der Waals surface area contributed by atoms with Crippen LogP contribution in [0.3, 0.4) is 0 Å². The van der Waals surface area contributed by atoms with E-state index in [1.54, 1.807) is 19.2 Å². The first kappa shape index (κ1) is 19.5. The van der Waals surface area contributed by atoms with Crippen molar-refractivity contribution in [2.45, 2.75) is 26.6 Å². The molecule has 142 valence electrons. The number of halogens is 2. The van der Waals surface area contributed by atoms with Crippen LogP contribution in [0, 0.1) is 6.92 Å². The molecule has 0 saturated heterocycles. The zero-order valence-electron chi connectivity index (χ0n) is 15.2. The Hall–Kier alpha value is -2.21. The molecule has 0 saturated carbocycles. The molecule has 2 aromatic carbocycles. The Kier molecular flexibility index (Phi) is 6.61. The average Bonchev–Trinajstić information content (AvgIpc) is 3.06. The Balaban J connectivity index is 1.60. The number of aromatic amines is 1. The van der Waals surface area contributed by atoms with Crippen molar-refractivity contribution >= 4 is 23.2 Å². The number of H-pyrrole nitrogens is 1. The van der Waals surface area contributed by atoms with Crippen LogP contribution < -0.4 is 14.8 Å². The molecule has 0 fully saturated rings. The number of hydrogen-bond donors (Lipinski definition) is 2. The number of methoxy groups -OCH3 is 1. The normalized spacial score (nSPS) is 10.8. The Morgan fingerprint density at radius 1 is 1.04 bits per heavy atom. The molecule has 0 spiro atoms. The van der Waals surface area contributed by atoms with Gasteiger partial charge in [0.15, 0.2) is 11.5 Å². The summed E-state index contributed by atoms with van der Waals surface area (Å²) in [6.07, 6.45) is 1.84. The summed E-state index contributed by atoms with van der Waals surface area (Å²) in [7, 11) is 1.63. The lowest BCUT2D eigenvalue weighted by molar-refractivity contribution is 0.284. The Labute approximate surface area is 168 Å². The highest BCUT2D eigenvalue weighted by molar-refractivity contribution is 6.35. The summed E-state index contributed by atoms with van der Waals surface area (Å²) in [5.74, 6) is 1.34. The van der Waals surface area contributed by atoms with E-state index in [0.29, 0.717) is 34.7 Å². The SMILES string of the molecule is COc1cc(CNCc2cn[nH]c2C)ccc1OCc1ccc(Cl)cc1Cl. The first-order valence-corrected chi connectivity index (χ1v) is 9.25. The molecule has 5 nitrogen and oxygen atoms in total. The van der Waals surface area contributed by atoms with Gasteiger partial charge in [0.1, 0.15) is 6.61 Å². The monoisotopic (exact) mass is 405 g/mol. The topological polar surface area (TPSA) is 59.2 Å². The molecule has 1 heterocycles. The Morgan fingerprint density at radius 3 is 2.59 bits per heavy atom. The number of nitrogens with one attached hydrogen (secondary N) is 2. The van der Waals surface area contributed by atoms with Gasteiger partial charge in [0.25, 0.3) is 0 Å². The van der Waals surface area contributed by atoms with Crippen molar-refractivity contribution in [1.29, 1.82) is 0 Å². The molecule has 27 heavy (non-hydrogen) atoms. The van der Waals surface area contributed by atoms with Crippen LogP contribution >= 0.6 is 23.2 Å². The summed E-state index contributed by atoms with van der Waals surface area (Å²) in [5, 5.41) is 11.5. The zero-order chi connectivity index (χ0) is 19.2. The van der Waals surface area contributed by atoms with E-state index in [9.17, 15) is 0 Å². The van der Waals surface area contributed by atoms with Gasteiger partial charge in [-0.15, -0.1) is 0 Å². The van der Waals surface area contributed by atoms with Gasteiger partial charge in [0.05, 0.1) is 13.3 Å². The van der Waals surface area contributed by atoms with Crippen molar-refractivity contribution < 1.29 is 9.47 Å². The van der Waals surface area contributed by atoms with Crippen LogP contribution in [0.25, 0.3) is 0 Å². The van der Waals surface area contributed by atoms with Gasteiger partial charge in [-0.05, 0) is 36.8 Å². The highest BCUT2D eigenvalue weighted by atomic mass is 35.5. The minimum absolute atomic E-state index is 0.337. The van der Waals surface area contributed by atoms with Crippen molar-refractivity contribution in [3.05, 3.63) is 75.0 Å². The summed E-state index contributed by atoms with van der Waals surface area (Å²) in [4.78, 5) is 0. The maximum absolute atomic E-state index is 6.19. The molecule has 0 aliphatic rings. The second kappa shape index (κ2) is 9.13. The predicted octanol–water partition coefficient (Wildman–Crippen LogP) is 4.90. The molecule has 0 radical (unpaired) electrons. The standard InChI is InChI=1S/C20H21Cl2N3O2/c1-13-16(11-24-25-13)10-23-9-14-3-6-19(20(7-14)26-2)27-12-15-4-5-17(21)8-18(15)22/h3-8,11,23H,9-10,12H2,1-2H3,(H,24,25). The number of hydrogen-bond acceptors (Lipinski definition) is 4. The van der Waals surface area contributed by atoms with Crippen molar-refractivity contribution in [2.24, 2.45) is 0 Å². The molecule has 1 aromatic heterocycles. The highest BCUT2D eigenvalue weighted by Gasteiger charge is 2.09. The molecule has 0 atom stereocenters. The van der Waals surface area contributed by atoms with Crippen LogP contribution in [0.4, 0.5) is 0 Å². The number of aromatic nitrogens is 2. The van der Waals surface area contributed by atoms with E-state index in [1.807, 2.05) is 37.4 Å². The van der Waals surface area contributed by atoms with Gasteiger partial charge < -0.3 is 14.8 Å². The number of benzene rings is 2. The second-order valence-corrected chi connectivity index (χ2v) is 6.98. The lowest BCUT2D eigenvalue weighted by Crippen LogP contribution is -2.13. The van der Waals surface area contributed by atoms with Crippen molar-refractivity contribution in [3.63, 3.8) is 0 Å². The minimum Gasteiger partial charge on any atom is -0.493 e. The van der Waals surface area contributed by atoms with E-state index < -0.39 is 0 Å². The van der Waals surface area contributed by atoms with Gasteiger partial charge in [-0.3, -0.25) is 5.10 Å². The average molecular weight is 406 g/mol. The molecule has 2 N–H and O–H groups in total. The molecular weight excluding hydrogens is 385 g/mol. The molecule has 0 aliphatic carbocycles. The molecule has 0 aliphatic heterocycles. The van der Waals surface area contributed by atoms with Gasteiger partial charge in [-0.1, -0.05) is 35.3 Å². The highest BCUT2D eigenvalue weighted by Crippen LogP contribution is 2.30. The third-order valence-corrected chi connectivity index (χ3v) is 4.79. The smallest absolute Gasteiger partial charge is 0.161 e. The zero-order valence-corrected chi connectivity index (χ0v) is 16.7. The van der Waals surface area contributed by atoms with Crippen LogP contribution in [-0.4, -0.2) is 17.3 Å². The maximum atomic E-state index is 6.19. The minimum atomic E-state index is 0.337. The van der Waals surface area contributed by atoms with E-state index >= 15 is 0 Å². The first-order chi connectivity index (χ1) is 13.1. The molecule has 7 heteroatoms. The van der Waals surface area contributed by atoms with Crippen molar-refractivity contribution in [3.8, 4) is 11.5 Å². The summed E-state index contributed by atoms with van der Waals surface area (Å²) in [6, 6.07) is 11.2. The largest absolute Gasteiger partial charge is 0.493 e. The van der Waals surface area contributed by atoms with Crippen LogP contribution in [-0.2, 0) is 19.7 Å². The number of rotatable bonds is 8. The third-order valence-electron chi connectivity index (χ3n) is 4.21. The molecule has 3 aromatic rings. The number of nitrogens with zero attached hydrogens (tertiary/aromatic N) is 1. The molecule has 0 bridgehead atoms.